The van der Waals surface area contributed by atoms with E-state index in [1.807, 2.05) is 6.21 Å². The lowest BCUT2D eigenvalue weighted by atomic mass is 9.95. The van der Waals surface area contributed by atoms with Crippen molar-refractivity contribution in [2.45, 2.75) is 84.4 Å². The zero-order valence-corrected chi connectivity index (χ0v) is 21.4. The van der Waals surface area contributed by atoms with E-state index in [2.05, 4.69) is 49.4 Å². The summed E-state index contributed by atoms with van der Waals surface area (Å²) >= 11 is 0. The Morgan fingerprint density at radius 1 is 1.29 bits per heavy atom. The summed E-state index contributed by atoms with van der Waals surface area (Å²) in [5.74, 6) is -1.04. The van der Waals surface area contributed by atoms with E-state index in [-0.39, 0.29) is 24.8 Å². The molecule has 1 aliphatic heterocycles. The molecule has 0 saturated heterocycles. The van der Waals surface area contributed by atoms with E-state index in [1.165, 1.54) is 0 Å². The maximum atomic E-state index is 13.2. The second-order valence-electron chi connectivity index (χ2n) is 9.37. The lowest BCUT2D eigenvalue weighted by Crippen LogP contribution is -2.33. The summed E-state index contributed by atoms with van der Waals surface area (Å²) in [5.41, 5.74) is 7.58. The topological polar surface area (TPSA) is 54.0 Å². The van der Waals surface area contributed by atoms with E-state index in [1.54, 1.807) is 12.3 Å². The van der Waals surface area contributed by atoms with Crippen LogP contribution in [0.1, 0.15) is 72.1 Å². The Bertz CT molecular complexity index is 694. The van der Waals surface area contributed by atoms with Crippen molar-refractivity contribution in [3.8, 4) is 0 Å². The van der Waals surface area contributed by atoms with Crippen molar-refractivity contribution in [1.82, 2.24) is 4.90 Å². The van der Waals surface area contributed by atoms with Gasteiger partial charge in [0.05, 0.1) is 12.0 Å². The molecule has 3 atom stereocenters. The summed E-state index contributed by atoms with van der Waals surface area (Å²) in [7, 11) is 0. The molecule has 0 radical (unpaired) electrons. The summed E-state index contributed by atoms with van der Waals surface area (Å²) in [5, 5.41) is 0. The number of unbranched alkanes of at least 4 members (excludes halogenated alkanes) is 2. The van der Waals surface area contributed by atoms with Gasteiger partial charge in [-0.15, -0.1) is 0 Å². The highest BCUT2D eigenvalue weighted by Crippen LogP contribution is 2.33. The SMILES string of the molecule is C=C(C=CC(C)C=NC(C)CN(CCCCCN)CCC1=N/C=C\CC(C(F)(F)F)CC1)CC. The van der Waals surface area contributed by atoms with E-state index >= 15 is 0 Å². The average Bonchev–Trinajstić information content (AvgIpc) is 2.77. The van der Waals surface area contributed by atoms with Crippen LogP contribution >= 0.6 is 0 Å². The fourth-order valence-electron chi connectivity index (χ4n) is 3.79. The highest BCUT2D eigenvalue weighted by Gasteiger charge is 2.38. The van der Waals surface area contributed by atoms with Gasteiger partial charge in [-0.25, -0.2) is 0 Å². The van der Waals surface area contributed by atoms with Crippen LogP contribution in [0, 0.1) is 11.8 Å². The molecule has 1 rings (SSSR count). The molecule has 0 aromatic carbocycles. The molecule has 0 aromatic heterocycles. The van der Waals surface area contributed by atoms with Crippen molar-refractivity contribution in [2.75, 3.05) is 26.2 Å². The molecule has 1 heterocycles. The Morgan fingerprint density at radius 3 is 2.74 bits per heavy atom. The number of nitrogens with two attached hydrogens (primary N) is 1. The standard InChI is InChI=1S/C27H45F3N4/c1-5-22(2)11-12-23(3)20-33-24(4)21-34(18-8-6-7-16-31)19-15-26-14-13-25(27(28,29)30)10-9-17-32-26/h9,11-12,17,20,23-25H,2,5-8,10,13-16,18-19,21,31H2,1,3-4H3/b12-11?,17-9-,32-26?,33-20?. The van der Waals surface area contributed by atoms with Crippen molar-refractivity contribution < 1.29 is 13.2 Å². The molecule has 0 spiro atoms. The number of rotatable bonds is 15. The van der Waals surface area contributed by atoms with Crippen LogP contribution in [0.5, 0.6) is 0 Å². The van der Waals surface area contributed by atoms with Crippen molar-refractivity contribution in [1.29, 1.82) is 0 Å². The van der Waals surface area contributed by atoms with E-state index in [0.29, 0.717) is 19.4 Å². The lowest BCUT2D eigenvalue weighted by molar-refractivity contribution is -0.174. The second kappa shape index (κ2) is 16.8. The predicted octanol–water partition coefficient (Wildman–Crippen LogP) is 6.74. The first-order valence-electron chi connectivity index (χ1n) is 12.7. The maximum absolute atomic E-state index is 13.2. The van der Waals surface area contributed by atoms with Gasteiger partial charge in [0, 0.05) is 37.1 Å². The van der Waals surface area contributed by atoms with Crippen LogP contribution in [0.15, 0.2) is 46.6 Å². The minimum atomic E-state index is -4.15. The van der Waals surface area contributed by atoms with Gasteiger partial charge < -0.3 is 10.6 Å². The molecule has 34 heavy (non-hydrogen) atoms. The molecule has 194 valence electrons. The predicted molar refractivity (Wildman–Crippen MR) is 140 cm³/mol. The number of hydrogen-bond donors (Lipinski definition) is 1. The molecule has 3 unspecified atom stereocenters. The number of allylic oxidation sites excluding steroid dienone is 4. The number of alkyl halides is 3. The van der Waals surface area contributed by atoms with Crippen molar-refractivity contribution in [2.24, 2.45) is 27.6 Å². The van der Waals surface area contributed by atoms with Gasteiger partial charge in [-0.3, -0.25) is 9.98 Å². The molecule has 1 aliphatic rings. The monoisotopic (exact) mass is 482 g/mol. The Kier molecular flexibility index (Phi) is 15.0. The molecule has 0 saturated carbocycles. The normalized spacial score (nSPS) is 20.4. The average molecular weight is 483 g/mol. The molecule has 0 amide bonds. The molecule has 4 nitrogen and oxygen atoms in total. The van der Waals surface area contributed by atoms with Crippen LogP contribution in [0.4, 0.5) is 13.2 Å². The molecule has 2 N–H and O–H groups in total. The van der Waals surface area contributed by atoms with Crippen LogP contribution in [-0.4, -0.2) is 55.2 Å². The third-order valence-electron chi connectivity index (χ3n) is 6.11. The fourth-order valence-corrected chi connectivity index (χ4v) is 3.79. The van der Waals surface area contributed by atoms with Gasteiger partial charge in [0.25, 0.3) is 0 Å². The van der Waals surface area contributed by atoms with Gasteiger partial charge >= 0.3 is 6.18 Å². The molecular formula is C27H45F3N4. The summed E-state index contributed by atoms with van der Waals surface area (Å²) in [6.07, 6.45) is 10.4. The number of halogens is 3. The largest absolute Gasteiger partial charge is 0.392 e. The Balaban J connectivity index is 2.67. The molecular weight excluding hydrogens is 437 g/mol. The third-order valence-corrected chi connectivity index (χ3v) is 6.11. The summed E-state index contributed by atoms with van der Waals surface area (Å²) < 4.78 is 39.5. The lowest BCUT2D eigenvalue weighted by Gasteiger charge is -2.25. The van der Waals surface area contributed by atoms with Gasteiger partial charge in [-0.1, -0.05) is 50.6 Å². The molecule has 7 heteroatoms. The number of nitrogens with zero attached hydrogens (tertiary/aromatic N) is 3. The van der Waals surface area contributed by atoms with Crippen molar-refractivity contribution in [3.63, 3.8) is 0 Å². The van der Waals surface area contributed by atoms with Crippen LogP contribution in [0.2, 0.25) is 0 Å². The van der Waals surface area contributed by atoms with E-state index < -0.39 is 12.1 Å². The quantitative estimate of drug-likeness (QED) is 0.160. The highest BCUT2D eigenvalue weighted by molar-refractivity contribution is 5.85. The van der Waals surface area contributed by atoms with Gasteiger partial charge in [-0.2, -0.15) is 13.2 Å². The van der Waals surface area contributed by atoms with Gasteiger partial charge in [0.2, 0.25) is 0 Å². The molecule has 0 bridgehead atoms. The Morgan fingerprint density at radius 2 is 2.06 bits per heavy atom. The summed E-state index contributed by atoms with van der Waals surface area (Å²) in [4.78, 5) is 11.5. The maximum Gasteiger partial charge on any atom is 0.392 e. The van der Waals surface area contributed by atoms with Gasteiger partial charge in [-0.05, 0) is 65.0 Å². The van der Waals surface area contributed by atoms with E-state index in [0.717, 1.165) is 56.6 Å². The summed E-state index contributed by atoms with van der Waals surface area (Å²) in [6.45, 7) is 13.5. The first-order valence-corrected chi connectivity index (χ1v) is 12.7. The number of aliphatic imine (C=N–C) groups is 2. The van der Waals surface area contributed by atoms with Crippen LogP contribution in [-0.2, 0) is 0 Å². The number of hydrogen-bond acceptors (Lipinski definition) is 4. The minimum absolute atomic E-state index is 0.0171. The Labute approximate surface area is 205 Å². The van der Waals surface area contributed by atoms with E-state index in [9.17, 15) is 13.2 Å². The molecule has 0 aliphatic carbocycles. The van der Waals surface area contributed by atoms with Crippen LogP contribution in [0.25, 0.3) is 0 Å². The third kappa shape index (κ3) is 13.9. The van der Waals surface area contributed by atoms with Gasteiger partial charge in [0.1, 0.15) is 0 Å². The highest BCUT2D eigenvalue weighted by atomic mass is 19.4. The smallest absolute Gasteiger partial charge is 0.330 e. The van der Waals surface area contributed by atoms with Crippen molar-refractivity contribution >= 4 is 11.9 Å². The second-order valence-corrected chi connectivity index (χ2v) is 9.37. The fraction of sp³-hybridized carbons (Fsp3) is 0.704. The molecule has 0 fully saturated rings. The summed E-state index contributed by atoms with van der Waals surface area (Å²) in [6, 6.07) is 0.133. The van der Waals surface area contributed by atoms with Crippen molar-refractivity contribution in [3.05, 3.63) is 36.6 Å². The Hall–Kier alpha value is -1.73. The zero-order chi connectivity index (χ0) is 25.4. The zero-order valence-electron chi connectivity index (χ0n) is 21.4. The van der Waals surface area contributed by atoms with Crippen LogP contribution in [0.3, 0.4) is 0 Å². The van der Waals surface area contributed by atoms with Gasteiger partial charge in [0.15, 0.2) is 0 Å². The first kappa shape index (κ1) is 30.3. The van der Waals surface area contributed by atoms with E-state index in [4.69, 9.17) is 10.7 Å². The van der Waals surface area contributed by atoms with Crippen LogP contribution < -0.4 is 5.73 Å². The molecule has 0 aromatic rings. The first-order chi connectivity index (χ1) is 16.2. The minimum Gasteiger partial charge on any atom is -0.330 e.